The van der Waals surface area contributed by atoms with E-state index in [2.05, 4.69) is 20.9 Å². The van der Waals surface area contributed by atoms with Crippen LogP contribution in [-0.2, 0) is 11.2 Å². The molecule has 0 bridgehead atoms. The van der Waals surface area contributed by atoms with Crippen molar-refractivity contribution < 1.29 is 14.3 Å². The first-order chi connectivity index (χ1) is 7.08. The van der Waals surface area contributed by atoms with E-state index in [-0.39, 0.29) is 6.42 Å². The Morgan fingerprint density at radius 3 is 2.93 bits per heavy atom. The summed E-state index contributed by atoms with van der Waals surface area (Å²) >= 11 is 3.17. The maximum Gasteiger partial charge on any atom is 0.307 e. The molecule has 0 spiro atoms. The van der Waals surface area contributed by atoms with Crippen molar-refractivity contribution in [1.29, 1.82) is 0 Å². The van der Waals surface area contributed by atoms with Gasteiger partial charge in [-0.2, -0.15) is 0 Å². The Morgan fingerprint density at radius 2 is 2.27 bits per heavy atom. The molecule has 2 N–H and O–H groups in total. The third-order valence-electron chi connectivity index (χ3n) is 2.12. The number of hydrogen-bond donors (Lipinski definition) is 2. The van der Waals surface area contributed by atoms with Crippen LogP contribution in [0.25, 0.3) is 10.9 Å². The highest BCUT2D eigenvalue weighted by Crippen LogP contribution is 2.26. The highest BCUT2D eigenvalue weighted by molar-refractivity contribution is 9.10. The average molecular weight is 272 g/mol. The molecule has 3 nitrogen and oxygen atoms in total. The van der Waals surface area contributed by atoms with Crippen LogP contribution in [0.1, 0.15) is 5.56 Å². The Morgan fingerprint density at radius 1 is 1.53 bits per heavy atom. The predicted octanol–water partition coefficient (Wildman–Crippen LogP) is 2.70. The third kappa shape index (κ3) is 1.87. The zero-order valence-electron chi connectivity index (χ0n) is 7.55. The van der Waals surface area contributed by atoms with Crippen molar-refractivity contribution in [2.75, 3.05) is 0 Å². The van der Waals surface area contributed by atoms with E-state index >= 15 is 0 Å². The van der Waals surface area contributed by atoms with E-state index in [1.54, 1.807) is 6.07 Å². The summed E-state index contributed by atoms with van der Waals surface area (Å²) in [6, 6.07) is 3.03. The fourth-order valence-electron chi connectivity index (χ4n) is 1.55. The summed E-state index contributed by atoms with van der Waals surface area (Å²) in [6.45, 7) is 0. The summed E-state index contributed by atoms with van der Waals surface area (Å²) in [6.07, 6.45) is 1.34. The van der Waals surface area contributed by atoms with Gasteiger partial charge in [0.05, 0.1) is 6.42 Å². The second kappa shape index (κ2) is 3.66. The highest BCUT2D eigenvalue weighted by atomic mass is 79.9. The van der Waals surface area contributed by atoms with Gasteiger partial charge in [0.25, 0.3) is 0 Å². The molecule has 2 rings (SSSR count). The van der Waals surface area contributed by atoms with Gasteiger partial charge in [0.1, 0.15) is 5.82 Å². The van der Waals surface area contributed by atoms with Crippen molar-refractivity contribution in [1.82, 2.24) is 4.98 Å². The number of fused-ring (bicyclic) bond motifs is 1. The molecule has 0 aliphatic heterocycles. The Bertz CT molecular complexity index is 535. The third-order valence-corrected chi connectivity index (χ3v) is 2.58. The largest absolute Gasteiger partial charge is 0.481 e. The van der Waals surface area contributed by atoms with Gasteiger partial charge in [-0.1, -0.05) is 15.9 Å². The van der Waals surface area contributed by atoms with E-state index in [1.807, 2.05) is 0 Å². The normalized spacial score (nSPS) is 10.8. The number of aromatic nitrogens is 1. The second-order valence-electron chi connectivity index (χ2n) is 3.19. The van der Waals surface area contributed by atoms with Gasteiger partial charge < -0.3 is 10.1 Å². The summed E-state index contributed by atoms with van der Waals surface area (Å²) in [4.78, 5) is 13.4. The lowest BCUT2D eigenvalue weighted by Gasteiger charge is -1.97. The topological polar surface area (TPSA) is 53.1 Å². The molecule has 0 radical (unpaired) electrons. The van der Waals surface area contributed by atoms with Crippen LogP contribution in [0, 0.1) is 5.82 Å². The van der Waals surface area contributed by atoms with Crippen LogP contribution in [0.3, 0.4) is 0 Å². The van der Waals surface area contributed by atoms with Crippen LogP contribution in [-0.4, -0.2) is 16.1 Å². The molecule has 1 heterocycles. The molecule has 0 unspecified atom stereocenters. The summed E-state index contributed by atoms with van der Waals surface area (Å²) in [5.41, 5.74) is 1.06. The molecule has 0 aliphatic rings. The summed E-state index contributed by atoms with van der Waals surface area (Å²) in [5, 5.41) is 8.99. The van der Waals surface area contributed by atoms with Crippen molar-refractivity contribution in [3.8, 4) is 0 Å². The molecule has 15 heavy (non-hydrogen) atoms. The molecule has 1 aromatic heterocycles. The molecule has 0 saturated heterocycles. The minimum absolute atomic E-state index is 0.182. The van der Waals surface area contributed by atoms with Crippen molar-refractivity contribution in [2.24, 2.45) is 0 Å². The fraction of sp³-hybridized carbons (Fsp3) is 0.100. The SMILES string of the molecule is O=C(O)Cc1c[nH]c2cc(Br)cc(F)c12. The molecule has 0 saturated carbocycles. The maximum absolute atomic E-state index is 13.5. The summed E-state index contributed by atoms with van der Waals surface area (Å²) in [5.74, 6) is -1.39. The number of carboxylic acids is 1. The lowest BCUT2D eigenvalue weighted by atomic mass is 10.1. The zero-order valence-corrected chi connectivity index (χ0v) is 9.14. The Labute approximate surface area is 93.0 Å². The lowest BCUT2D eigenvalue weighted by molar-refractivity contribution is -0.136. The number of aliphatic carboxylic acids is 1. The number of hydrogen-bond acceptors (Lipinski definition) is 1. The van der Waals surface area contributed by atoms with E-state index < -0.39 is 11.8 Å². The monoisotopic (exact) mass is 271 g/mol. The van der Waals surface area contributed by atoms with E-state index in [4.69, 9.17) is 5.11 Å². The van der Waals surface area contributed by atoms with Crippen LogP contribution in [0.5, 0.6) is 0 Å². The van der Waals surface area contributed by atoms with Gasteiger partial charge in [-0.05, 0) is 17.7 Å². The Hall–Kier alpha value is -1.36. The van der Waals surface area contributed by atoms with Gasteiger partial charge in [0.2, 0.25) is 0 Å². The van der Waals surface area contributed by atoms with Gasteiger partial charge >= 0.3 is 5.97 Å². The maximum atomic E-state index is 13.5. The highest BCUT2D eigenvalue weighted by Gasteiger charge is 2.12. The Balaban J connectivity index is 2.63. The number of nitrogens with one attached hydrogen (secondary N) is 1. The molecule has 2 aromatic rings. The van der Waals surface area contributed by atoms with Crippen LogP contribution in [0.4, 0.5) is 4.39 Å². The minimum atomic E-state index is -0.974. The van der Waals surface area contributed by atoms with Gasteiger partial charge in [0, 0.05) is 21.6 Å². The van der Waals surface area contributed by atoms with Crippen molar-refractivity contribution >= 4 is 32.8 Å². The zero-order chi connectivity index (χ0) is 11.0. The number of rotatable bonds is 2. The van der Waals surface area contributed by atoms with Gasteiger partial charge in [-0.15, -0.1) is 0 Å². The van der Waals surface area contributed by atoms with Gasteiger partial charge in [0.15, 0.2) is 0 Å². The molecular weight excluding hydrogens is 265 g/mol. The molecule has 0 atom stereocenters. The standard InChI is InChI=1S/C10H7BrFNO2/c11-6-2-7(12)10-5(1-9(14)15)4-13-8(10)3-6/h2-4,13H,1H2,(H,14,15). The van der Waals surface area contributed by atoms with Crippen LogP contribution < -0.4 is 0 Å². The van der Waals surface area contributed by atoms with Crippen molar-refractivity contribution in [3.63, 3.8) is 0 Å². The predicted molar refractivity (Wildman–Crippen MR) is 57.3 cm³/mol. The van der Waals surface area contributed by atoms with E-state index in [1.165, 1.54) is 12.3 Å². The van der Waals surface area contributed by atoms with E-state index in [9.17, 15) is 9.18 Å². The van der Waals surface area contributed by atoms with E-state index in [0.717, 1.165) is 0 Å². The number of carboxylic acid groups (broad SMARTS) is 1. The smallest absolute Gasteiger partial charge is 0.307 e. The summed E-state index contributed by atoms with van der Waals surface area (Å²) in [7, 11) is 0. The Kier molecular flexibility index (Phi) is 2.48. The average Bonchev–Trinajstić information content (AvgIpc) is 2.46. The molecular formula is C10H7BrFNO2. The minimum Gasteiger partial charge on any atom is -0.481 e. The summed E-state index contributed by atoms with van der Waals surface area (Å²) < 4.78 is 14.2. The number of carbonyl (C=O) groups is 1. The first-order valence-electron chi connectivity index (χ1n) is 4.24. The molecule has 1 aromatic carbocycles. The van der Waals surface area contributed by atoms with Crippen molar-refractivity contribution in [2.45, 2.75) is 6.42 Å². The fourth-order valence-corrected chi connectivity index (χ4v) is 1.98. The van der Waals surface area contributed by atoms with Gasteiger partial charge in [-0.3, -0.25) is 4.79 Å². The molecule has 0 amide bonds. The molecule has 5 heteroatoms. The van der Waals surface area contributed by atoms with Crippen LogP contribution >= 0.6 is 15.9 Å². The lowest BCUT2D eigenvalue weighted by Crippen LogP contribution is -1.99. The van der Waals surface area contributed by atoms with Crippen molar-refractivity contribution in [3.05, 3.63) is 34.2 Å². The first-order valence-corrected chi connectivity index (χ1v) is 5.04. The number of halogens is 2. The first kappa shape index (κ1) is 10.2. The van der Waals surface area contributed by atoms with Crippen LogP contribution in [0.15, 0.2) is 22.8 Å². The second-order valence-corrected chi connectivity index (χ2v) is 4.11. The van der Waals surface area contributed by atoms with Crippen LogP contribution in [0.2, 0.25) is 0 Å². The van der Waals surface area contributed by atoms with E-state index in [0.29, 0.717) is 20.9 Å². The molecule has 0 fully saturated rings. The number of benzene rings is 1. The quantitative estimate of drug-likeness (QED) is 0.883. The van der Waals surface area contributed by atoms with Gasteiger partial charge in [-0.25, -0.2) is 4.39 Å². The number of aromatic amines is 1. The molecule has 78 valence electrons. The molecule has 0 aliphatic carbocycles. The number of H-pyrrole nitrogens is 1.